The number of methoxy groups -OCH3 is 1. The maximum atomic E-state index is 13.7. The summed E-state index contributed by atoms with van der Waals surface area (Å²) in [6.45, 7) is 6.25. The Kier molecular flexibility index (Phi) is 6.94. The predicted octanol–water partition coefficient (Wildman–Crippen LogP) is 6.54. The maximum absolute atomic E-state index is 13.7. The van der Waals surface area contributed by atoms with Crippen molar-refractivity contribution in [2.24, 2.45) is 11.8 Å². The van der Waals surface area contributed by atoms with Crippen LogP contribution in [0.1, 0.15) is 56.1 Å². The average molecular weight is 523 g/mol. The number of carbonyl (C=O) groups excluding carboxylic acids is 2. The molecule has 5 rings (SSSR count). The molecule has 36 heavy (non-hydrogen) atoms. The zero-order valence-corrected chi connectivity index (χ0v) is 22.6. The third-order valence-electron chi connectivity index (χ3n) is 6.80. The van der Waals surface area contributed by atoms with Crippen LogP contribution in [-0.4, -0.2) is 39.6 Å². The van der Waals surface area contributed by atoms with E-state index in [1.54, 1.807) is 22.0 Å². The molecule has 0 aliphatic heterocycles. The van der Waals surface area contributed by atoms with Crippen molar-refractivity contribution in [1.82, 2.24) is 14.6 Å². The highest BCUT2D eigenvalue weighted by Gasteiger charge is 2.34. The van der Waals surface area contributed by atoms with Crippen LogP contribution in [-0.2, 0) is 9.53 Å². The summed E-state index contributed by atoms with van der Waals surface area (Å²) in [7, 11) is 1.39. The molecule has 1 amide bonds. The number of thiophene rings is 2. The van der Waals surface area contributed by atoms with Crippen LogP contribution in [0, 0.1) is 11.8 Å². The molecule has 4 heterocycles. The SMILES string of the molecule is COC(=O)c1sc(-c2ccc(-c3cc4ncccn4n3)s2)cc1N(C(=O)C1CCC(C)CC1)C(C)C. The number of nitrogens with zero attached hydrogens (tertiary/aromatic N) is 4. The Balaban J connectivity index is 1.50. The Labute approximate surface area is 218 Å². The van der Waals surface area contributed by atoms with Crippen LogP contribution in [0.25, 0.3) is 26.0 Å². The minimum atomic E-state index is -0.417. The van der Waals surface area contributed by atoms with Gasteiger partial charge in [-0.05, 0) is 69.7 Å². The molecule has 0 radical (unpaired) electrons. The average Bonchev–Trinajstić information content (AvgIpc) is 3.61. The zero-order valence-electron chi connectivity index (χ0n) is 20.9. The number of esters is 1. The molecule has 0 bridgehead atoms. The monoisotopic (exact) mass is 522 g/mol. The highest BCUT2D eigenvalue weighted by atomic mass is 32.1. The Morgan fingerprint density at radius 2 is 1.83 bits per heavy atom. The van der Waals surface area contributed by atoms with E-state index in [0.717, 1.165) is 51.7 Å². The number of hydrogen-bond donors (Lipinski definition) is 0. The Morgan fingerprint density at radius 3 is 2.53 bits per heavy atom. The van der Waals surface area contributed by atoms with Crippen molar-refractivity contribution in [1.29, 1.82) is 0 Å². The molecule has 0 atom stereocenters. The number of carbonyl (C=O) groups is 2. The number of rotatable bonds is 6. The summed E-state index contributed by atoms with van der Waals surface area (Å²) < 4.78 is 6.88. The summed E-state index contributed by atoms with van der Waals surface area (Å²) in [6, 6.07) is 9.78. The number of fused-ring (bicyclic) bond motifs is 1. The molecule has 1 saturated carbocycles. The molecule has 9 heteroatoms. The number of aromatic nitrogens is 3. The smallest absolute Gasteiger partial charge is 0.350 e. The van der Waals surface area contributed by atoms with E-state index in [9.17, 15) is 9.59 Å². The zero-order chi connectivity index (χ0) is 25.4. The van der Waals surface area contributed by atoms with Crippen LogP contribution in [0.2, 0.25) is 0 Å². The van der Waals surface area contributed by atoms with E-state index in [-0.39, 0.29) is 17.9 Å². The third kappa shape index (κ3) is 4.69. The van der Waals surface area contributed by atoms with Gasteiger partial charge in [-0.1, -0.05) is 6.92 Å². The summed E-state index contributed by atoms with van der Waals surface area (Å²) >= 11 is 2.98. The lowest BCUT2D eigenvalue weighted by Crippen LogP contribution is -2.42. The first-order valence-electron chi connectivity index (χ1n) is 12.3. The molecule has 0 unspecified atom stereocenters. The lowest BCUT2D eigenvalue weighted by molar-refractivity contribution is -0.123. The molecule has 0 N–H and O–H groups in total. The van der Waals surface area contributed by atoms with Crippen LogP contribution >= 0.6 is 22.7 Å². The molecule has 7 nitrogen and oxygen atoms in total. The first-order chi connectivity index (χ1) is 17.4. The van der Waals surface area contributed by atoms with Gasteiger partial charge in [0.15, 0.2) is 5.65 Å². The summed E-state index contributed by atoms with van der Waals surface area (Å²) in [5.74, 6) is 0.349. The molecule has 1 fully saturated rings. The van der Waals surface area contributed by atoms with E-state index in [1.165, 1.54) is 18.4 Å². The van der Waals surface area contributed by atoms with Crippen molar-refractivity contribution < 1.29 is 14.3 Å². The second kappa shape index (κ2) is 10.1. The molecular formula is C27H30N4O3S2. The fraction of sp³-hybridized carbons (Fsp3) is 0.407. The van der Waals surface area contributed by atoms with E-state index in [0.29, 0.717) is 16.5 Å². The van der Waals surface area contributed by atoms with Crippen LogP contribution in [0.4, 0.5) is 5.69 Å². The van der Waals surface area contributed by atoms with Gasteiger partial charge in [0.2, 0.25) is 5.91 Å². The van der Waals surface area contributed by atoms with Crippen molar-refractivity contribution in [2.45, 2.75) is 52.5 Å². The Hall–Kier alpha value is -3.04. The molecule has 1 aliphatic carbocycles. The Bertz CT molecular complexity index is 1360. The highest BCUT2D eigenvalue weighted by Crippen LogP contribution is 2.43. The van der Waals surface area contributed by atoms with Gasteiger partial charge in [0.25, 0.3) is 0 Å². The largest absolute Gasteiger partial charge is 0.465 e. The summed E-state index contributed by atoms with van der Waals surface area (Å²) in [4.78, 5) is 36.1. The first-order valence-corrected chi connectivity index (χ1v) is 13.9. The van der Waals surface area contributed by atoms with Gasteiger partial charge in [-0.15, -0.1) is 22.7 Å². The van der Waals surface area contributed by atoms with Crippen molar-refractivity contribution in [2.75, 3.05) is 12.0 Å². The second-order valence-corrected chi connectivity index (χ2v) is 11.8. The fourth-order valence-electron chi connectivity index (χ4n) is 4.83. The van der Waals surface area contributed by atoms with Gasteiger partial charge in [0.1, 0.15) is 10.6 Å². The van der Waals surface area contributed by atoms with E-state index < -0.39 is 5.97 Å². The summed E-state index contributed by atoms with van der Waals surface area (Å²) in [5.41, 5.74) is 2.28. The molecule has 4 aromatic rings. The molecule has 0 aromatic carbocycles. The lowest BCUT2D eigenvalue weighted by Gasteiger charge is -2.33. The molecule has 0 spiro atoms. The van der Waals surface area contributed by atoms with Crippen LogP contribution in [0.3, 0.4) is 0 Å². The topological polar surface area (TPSA) is 76.8 Å². The van der Waals surface area contributed by atoms with Gasteiger partial charge >= 0.3 is 5.97 Å². The minimum Gasteiger partial charge on any atom is -0.465 e. The lowest BCUT2D eigenvalue weighted by atomic mass is 9.82. The van der Waals surface area contributed by atoms with E-state index in [4.69, 9.17) is 4.74 Å². The van der Waals surface area contributed by atoms with Gasteiger partial charge in [0.05, 0.1) is 17.7 Å². The van der Waals surface area contributed by atoms with Crippen LogP contribution < -0.4 is 4.90 Å². The number of anilines is 1. The Morgan fingerprint density at radius 1 is 1.08 bits per heavy atom. The molecule has 4 aromatic heterocycles. The van der Waals surface area contributed by atoms with Crippen molar-refractivity contribution in [3.8, 4) is 20.3 Å². The van der Waals surface area contributed by atoms with Crippen molar-refractivity contribution >= 4 is 45.9 Å². The quantitative estimate of drug-likeness (QED) is 0.269. The fourth-order valence-corrected chi connectivity index (χ4v) is 6.94. The second-order valence-electron chi connectivity index (χ2n) is 9.69. The van der Waals surface area contributed by atoms with Gasteiger partial charge < -0.3 is 9.64 Å². The van der Waals surface area contributed by atoms with Gasteiger partial charge in [-0.3, -0.25) is 4.79 Å². The van der Waals surface area contributed by atoms with Gasteiger partial charge in [-0.2, -0.15) is 5.10 Å². The molecule has 188 valence electrons. The molecular weight excluding hydrogens is 492 g/mol. The standard InChI is InChI=1S/C27H30N4O3S2/c1-16(2)31(26(32)18-8-6-17(3)7-9-18)20-15-23(36-25(20)27(33)34-4)22-11-10-21(35-22)19-14-24-28-12-5-13-30(24)29-19/h5,10-18H,6-9H2,1-4H3. The minimum absolute atomic E-state index is 0.00514. The first kappa shape index (κ1) is 24.6. The van der Waals surface area contributed by atoms with Gasteiger partial charge in [0, 0.05) is 40.2 Å². The third-order valence-corrected chi connectivity index (χ3v) is 9.21. The van der Waals surface area contributed by atoms with Crippen LogP contribution in [0.15, 0.2) is 42.7 Å². The summed E-state index contributed by atoms with van der Waals surface area (Å²) in [6.07, 6.45) is 7.55. The van der Waals surface area contributed by atoms with Crippen molar-refractivity contribution in [3.05, 3.63) is 47.6 Å². The highest BCUT2D eigenvalue weighted by molar-refractivity contribution is 7.24. The van der Waals surface area contributed by atoms with Crippen molar-refractivity contribution in [3.63, 3.8) is 0 Å². The summed E-state index contributed by atoms with van der Waals surface area (Å²) in [5, 5.41) is 4.63. The number of ether oxygens (including phenoxy) is 1. The van der Waals surface area contributed by atoms with Crippen LogP contribution in [0.5, 0.6) is 0 Å². The van der Waals surface area contributed by atoms with Gasteiger partial charge in [-0.25, -0.2) is 14.3 Å². The van der Waals surface area contributed by atoms with E-state index >= 15 is 0 Å². The molecule has 0 saturated heterocycles. The predicted molar refractivity (Wildman–Crippen MR) is 145 cm³/mol. The van der Waals surface area contributed by atoms with E-state index in [2.05, 4.69) is 17.0 Å². The maximum Gasteiger partial charge on any atom is 0.350 e. The number of hydrogen-bond acceptors (Lipinski definition) is 7. The van der Waals surface area contributed by atoms with E-state index in [1.807, 2.05) is 55.3 Å². The number of amides is 1. The normalized spacial score (nSPS) is 18.0. The molecule has 1 aliphatic rings.